The van der Waals surface area contributed by atoms with Crippen molar-refractivity contribution in [2.45, 2.75) is 13.0 Å². The van der Waals surface area contributed by atoms with Crippen molar-refractivity contribution in [2.75, 3.05) is 25.6 Å². The second-order valence-corrected chi connectivity index (χ2v) is 5.15. The maximum Gasteiger partial charge on any atom is 0.161 e. The zero-order chi connectivity index (χ0) is 17.5. The number of hydrogen-bond donors (Lipinski definition) is 2. The Kier molecular flexibility index (Phi) is 5.99. The van der Waals surface area contributed by atoms with Crippen molar-refractivity contribution in [1.82, 2.24) is 0 Å². The van der Waals surface area contributed by atoms with Crippen LogP contribution in [-0.4, -0.2) is 25.4 Å². The summed E-state index contributed by atoms with van der Waals surface area (Å²) in [6, 6.07) is 11.4. The Labute approximate surface area is 140 Å². The lowest BCUT2D eigenvalue weighted by molar-refractivity contribution is 0.196. The summed E-state index contributed by atoms with van der Waals surface area (Å²) in [4.78, 5) is 0. The average Bonchev–Trinajstić information content (AvgIpc) is 2.61. The Bertz CT molecular complexity index is 744. The lowest BCUT2D eigenvalue weighted by atomic mass is 10.1. The highest BCUT2D eigenvalue weighted by Crippen LogP contribution is 2.31. The molecule has 0 aliphatic heterocycles. The van der Waals surface area contributed by atoms with Gasteiger partial charge in [0.05, 0.1) is 31.0 Å². The molecular formula is C18H19FN2O3. The monoisotopic (exact) mass is 330 g/mol. The van der Waals surface area contributed by atoms with Gasteiger partial charge in [-0.2, -0.15) is 5.26 Å². The third-order valence-electron chi connectivity index (χ3n) is 3.51. The summed E-state index contributed by atoms with van der Waals surface area (Å²) in [5.74, 6) is 0.595. The third kappa shape index (κ3) is 4.15. The van der Waals surface area contributed by atoms with Gasteiger partial charge in [0.1, 0.15) is 12.4 Å². The third-order valence-corrected chi connectivity index (χ3v) is 3.51. The van der Waals surface area contributed by atoms with Crippen molar-refractivity contribution in [3.05, 3.63) is 53.3 Å². The van der Waals surface area contributed by atoms with Gasteiger partial charge in [-0.05, 0) is 42.8 Å². The Morgan fingerprint density at radius 2 is 2.04 bits per heavy atom. The first kappa shape index (κ1) is 17.6. The number of rotatable bonds is 7. The molecule has 2 rings (SSSR count). The molecule has 0 heterocycles. The fourth-order valence-corrected chi connectivity index (χ4v) is 2.25. The van der Waals surface area contributed by atoms with Crippen molar-refractivity contribution >= 4 is 5.69 Å². The number of nitrogens with one attached hydrogen (secondary N) is 1. The zero-order valence-corrected chi connectivity index (χ0v) is 13.5. The van der Waals surface area contributed by atoms with Gasteiger partial charge < -0.3 is 19.9 Å². The number of benzene rings is 2. The van der Waals surface area contributed by atoms with Crippen LogP contribution in [0.15, 0.2) is 36.4 Å². The van der Waals surface area contributed by atoms with E-state index in [4.69, 9.17) is 19.8 Å². The number of hydrogen-bond acceptors (Lipinski definition) is 5. The average molecular weight is 330 g/mol. The van der Waals surface area contributed by atoms with Gasteiger partial charge in [0.15, 0.2) is 11.5 Å². The fraction of sp³-hybridized carbons (Fsp3) is 0.278. The first-order valence-electron chi connectivity index (χ1n) is 7.46. The Balaban J connectivity index is 2.17. The van der Waals surface area contributed by atoms with Gasteiger partial charge in [-0.25, -0.2) is 4.39 Å². The van der Waals surface area contributed by atoms with E-state index in [1.165, 1.54) is 13.2 Å². The summed E-state index contributed by atoms with van der Waals surface area (Å²) >= 11 is 0. The number of nitrogens with zero attached hydrogens (tertiary/aromatic N) is 1. The molecule has 2 aromatic carbocycles. The van der Waals surface area contributed by atoms with Gasteiger partial charge in [-0.1, -0.05) is 6.07 Å². The quantitative estimate of drug-likeness (QED) is 0.815. The van der Waals surface area contributed by atoms with Crippen LogP contribution in [0.25, 0.3) is 0 Å². The van der Waals surface area contributed by atoms with E-state index in [0.717, 1.165) is 5.56 Å². The maximum absolute atomic E-state index is 14.0. The number of anilines is 1. The summed E-state index contributed by atoms with van der Waals surface area (Å²) in [5, 5.41) is 20.7. The number of halogens is 1. The Morgan fingerprint density at radius 1 is 1.25 bits per heavy atom. The van der Waals surface area contributed by atoms with Crippen LogP contribution in [0, 0.1) is 17.1 Å². The van der Waals surface area contributed by atoms with Crippen LogP contribution in [0.4, 0.5) is 10.1 Å². The molecule has 2 aromatic rings. The Morgan fingerprint density at radius 3 is 2.67 bits per heavy atom. The van der Waals surface area contributed by atoms with E-state index in [1.54, 1.807) is 24.3 Å². The van der Waals surface area contributed by atoms with Gasteiger partial charge in [0, 0.05) is 6.04 Å². The number of methoxy groups -OCH3 is 1. The second kappa shape index (κ2) is 8.18. The molecule has 0 unspecified atom stereocenters. The van der Waals surface area contributed by atoms with Gasteiger partial charge in [-0.3, -0.25) is 0 Å². The molecule has 126 valence electrons. The summed E-state index contributed by atoms with van der Waals surface area (Å²) in [5.41, 5.74) is 1.48. The van der Waals surface area contributed by atoms with E-state index in [2.05, 4.69) is 5.32 Å². The summed E-state index contributed by atoms with van der Waals surface area (Å²) in [7, 11) is 1.53. The number of nitriles is 1. The minimum Gasteiger partial charge on any atom is -0.493 e. The van der Waals surface area contributed by atoms with Crippen LogP contribution >= 0.6 is 0 Å². The smallest absolute Gasteiger partial charge is 0.161 e. The molecule has 24 heavy (non-hydrogen) atoms. The molecule has 0 saturated heterocycles. The van der Waals surface area contributed by atoms with E-state index in [1.807, 2.05) is 19.1 Å². The highest BCUT2D eigenvalue weighted by Gasteiger charge is 2.13. The molecule has 0 fully saturated rings. The van der Waals surface area contributed by atoms with Gasteiger partial charge in [0.2, 0.25) is 0 Å². The molecule has 0 aliphatic carbocycles. The number of aliphatic hydroxyl groups is 1. The molecule has 0 amide bonds. The van der Waals surface area contributed by atoms with Crippen LogP contribution < -0.4 is 14.8 Å². The van der Waals surface area contributed by atoms with Crippen molar-refractivity contribution in [1.29, 1.82) is 5.26 Å². The van der Waals surface area contributed by atoms with E-state index in [0.29, 0.717) is 17.2 Å². The maximum atomic E-state index is 14.0. The van der Waals surface area contributed by atoms with Gasteiger partial charge in [-0.15, -0.1) is 0 Å². The molecule has 1 atom stereocenters. The van der Waals surface area contributed by atoms with Crippen LogP contribution in [0.3, 0.4) is 0 Å². The van der Waals surface area contributed by atoms with Crippen LogP contribution in [0.1, 0.15) is 24.1 Å². The summed E-state index contributed by atoms with van der Waals surface area (Å²) < 4.78 is 24.7. The summed E-state index contributed by atoms with van der Waals surface area (Å²) in [6.45, 7) is 1.99. The molecule has 0 aliphatic rings. The topological polar surface area (TPSA) is 74.5 Å². The van der Waals surface area contributed by atoms with Crippen molar-refractivity contribution in [3.63, 3.8) is 0 Å². The molecule has 0 spiro atoms. The molecule has 0 saturated carbocycles. The first-order chi connectivity index (χ1) is 11.6. The highest BCUT2D eigenvalue weighted by atomic mass is 19.1. The summed E-state index contributed by atoms with van der Waals surface area (Å²) in [6.07, 6.45) is 0. The SMILES string of the molecule is COc1cc([C@@H](C)Nc2ccc(C#N)cc2F)ccc1OCCO. The Hall–Kier alpha value is -2.78. The van der Waals surface area contributed by atoms with Gasteiger partial charge >= 0.3 is 0 Å². The van der Waals surface area contributed by atoms with E-state index < -0.39 is 5.82 Å². The molecule has 2 N–H and O–H groups in total. The first-order valence-corrected chi connectivity index (χ1v) is 7.46. The molecule has 0 radical (unpaired) electrons. The molecule has 0 bridgehead atoms. The van der Waals surface area contributed by atoms with Crippen LogP contribution in [0.5, 0.6) is 11.5 Å². The largest absolute Gasteiger partial charge is 0.493 e. The molecular weight excluding hydrogens is 311 g/mol. The minimum atomic E-state index is -0.476. The highest BCUT2D eigenvalue weighted by molar-refractivity contribution is 5.51. The van der Waals surface area contributed by atoms with Gasteiger partial charge in [0.25, 0.3) is 0 Å². The van der Waals surface area contributed by atoms with E-state index in [9.17, 15) is 4.39 Å². The fourth-order valence-electron chi connectivity index (χ4n) is 2.25. The second-order valence-electron chi connectivity index (χ2n) is 5.15. The van der Waals surface area contributed by atoms with Crippen molar-refractivity contribution in [3.8, 4) is 17.6 Å². The lowest BCUT2D eigenvalue weighted by Crippen LogP contribution is -2.09. The molecule has 0 aromatic heterocycles. The van der Waals surface area contributed by atoms with Crippen LogP contribution in [0.2, 0.25) is 0 Å². The van der Waals surface area contributed by atoms with Crippen molar-refractivity contribution in [2.24, 2.45) is 0 Å². The number of ether oxygens (including phenoxy) is 2. The van der Waals surface area contributed by atoms with E-state index in [-0.39, 0.29) is 24.8 Å². The standard InChI is InChI=1S/C18H19FN2O3/c1-12(21-16-5-3-13(11-20)9-15(16)19)14-4-6-17(24-8-7-22)18(10-14)23-2/h3-6,9-10,12,21-22H,7-8H2,1-2H3/t12-/m1/s1. The molecule has 5 nitrogen and oxygen atoms in total. The number of aliphatic hydroxyl groups excluding tert-OH is 1. The van der Waals surface area contributed by atoms with Crippen LogP contribution in [-0.2, 0) is 0 Å². The van der Waals surface area contributed by atoms with E-state index >= 15 is 0 Å². The van der Waals surface area contributed by atoms with Crippen molar-refractivity contribution < 1.29 is 19.0 Å². The normalized spacial score (nSPS) is 11.5. The lowest BCUT2D eigenvalue weighted by Gasteiger charge is -2.18. The zero-order valence-electron chi connectivity index (χ0n) is 13.5. The predicted molar refractivity (Wildman–Crippen MR) is 88.7 cm³/mol. The predicted octanol–water partition coefficient (Wildman–Crippen LogP) is 3.25. The minimum absolute atomic E-state index is 0.0825. The molecule has 6 heteroatoms.